The summed E-state index contributed by atoms with van der Waals surface area (Å²) in [4.78, 5) is 2.38. The van der Waals surface area contributed by atoms with E-state index in [9.17, 15) is 0 Å². The van der Waals surface area contributed by atoms with Crippen LogP contribution in [0.1, 0.15) is 25.0 Å². The van der Waals surface area contributed by atoms with Crippen LogP contribution < -0.4 is 4.90 Å². The van der Waals surface area contributed by atoms with Crippen LogP contribution in [0.15, 0.2) is 279 Å². The van der Waals surface area contributed by atoms with Crippen LogP contribution in [0.5, 0.6) is 0 Å². The smallest absolute Gasteiger partial charge is 0.0541 e. The topological polar surface area (TPSA) is 8.17 Å². The Morgan fingerprint density at radius 1 is 0.278 bits per heavy atom. The van der Waals surface area contributed by atoms with Gasteiger partial charge in [-0.3, -0.25) is 0 Å². The number of para-hydroxylation sites is 2. The maximum absolute atomic E-state index is 2.54. The Morgan fingerprint density at radius 3 is 1.28 bits per heavy atom. The Bertz CT molecular complexity index is 4930. The Balaban J connectivity index is 0.786. The van der Waals surface area contributed by atoms with Crippen LogP contribution in [0, 0.1) is 0 Å². The molecular weight excluding hydrogens is 953 g/mol. The molecule has 16 rings (SSSR count). The van der Waals surface area contributed by atoms with Crippen LogP contribution in [0.25, 0.3) is 126 Å². The highest BCUT2D eigenvalue weighted by Gasteiger charge is 2.39. The normalized spacial score (nSPS) is 12.8. The first-order valence-corrected chi connectivity index (χ1v) is 27.6. The van der Waals surface area contributed by atoms with Crippen LogP contribution in [-0.2, 0) is 5.41 Å². The molecule has 370 valence electrons. The van der Waals surface area contributed by atoms with E-state index >= 15 is 0 Å². The third-order valence-electron chi connectivity index (χ3n) is 17.3. The molecule has 1 aliphatic carbocycles. The lowest BCUT2D eigenvalue weighted by atomic mass is 9.78. The minimum Gasteiger partial charge on any atom is -0.311 e. The van der Waals surface area contributed by atoms with Crippen LogP contribution in [0.2, 0.25) is 0 Å². The Labute approximate surface area is 459 Å². The van der Waals surface area contributed by atoms with Crippen molar-refractivity contribution in [2.45, 2.75) is 19.3 Å². The van der Waals surface area contributed by atoms with Gasteiger partial charge >= 0.3 is 0 Å². The van der Waals surface area contributed by atoms with E-state index in [1.807, 2.05) is 0 Å². The van der Waals surface area contributed by atoms with Crippen molar-refractivity contribution in [3.63, 3.8) is 0 Å². The Morgan fingerprint density at radius 2 is 0.671 bits per heavy atom. The average Bonchev–Trinajstić information content (AvgIpc) is 3.47. The molecule has 0 amide bonds. The van der Waals surface area contributed by atoms with Gasteiger partial charge < -0.3 is 9.47 Å². The van der Waals surface area contributed by atoms with Crippen molar-refractivity contribution >= 4 is 92.7 Å². The van der Waals surface area contributed by atoms with Crippen LogP contribution >= 0.6 is 0 Å². The third-order valence-corrected chi connectivity index (χ3v) is 17.3. The lowest BCUT2D eigenvalue weighted by Crippen LogP contribution is -2.15. The molecule has 0 unspecified atom stereocenters. The summed E-state index contributed by atoms with van der Waals surface area (Å²) in [6.07, 6.45) is 0. The fraction of sp³-hybridized carbons (Fsp3) is 0.0390. The van der Waals surface area contributed by atoms with E-state index in [1.165, 1.54) is 131 Å². The number of anilines is 3. The van der Waals surface area contributed by atoms with Gasteiger partial charge in [0.05, 0.1) is 11.0 Å². The van der Waals surface area contributed by atoms with Gasteiger partial charge in [-0.25, -0.2) is 0 Å². The predicted octanol–water partition coefficient (Wildman–Crippen LogP) is 21.3. The molecule has 0 bridgehead atoms. The van der Waals surface area contributed by atoms with E-state index < -0.39 is 0 Å². The number of nitrogens with zero attached hydrogens (tertiary/aromatic N) is 2. The predicted molar refractivity (Wildman–Crippen MR) is 337 cm³/mol. The maximum atomic E-state index is 2.54. The van der Waals surface area contributed by atoms with Gasteiger partial charge in [-0.2, -0.15) is 0 Å². The molecule has 2 nitrogen and oxygen atoms in total. The van der Waals surface area contributed by atoms with Crippen molar-refractivity contribution in [3.8, 4) is 50.2 Å². The lowest BCUT2D eigenvalue weighted by molar-refractivity contribution is 0.667. The van der Waals surface area contributed by atoms with E-state index in [1.54, 1.807) is 0 Å². The second-order valence-electron chi connectivity index (χ2n) is 22.0. The largest absolute Gasteiger partial charge is 0.311 e. The van der Waals surface area contributed by atoms with E-state index in [0.29, 0.717) is 0 Å². The monoisotopic (exact) mass is 1000 g/mol. The summed E-state index contributed by atoms with van der Waals surface area (Å²) < 4.78 is 2.38. The molecule has 0 N–H and O–H groups in total. The highest BCUT2D eigenvalue weighted by molar-refractivity contribution is 6.28. The minimum absolute atomic E-state index is 0.191. The van der Waals surface area contributed by atoms with Gasteiger partial charge in [0.25, 0.3) is 0 Å². The molecule has 15 aromatic rings. The van der Waals surface area contributed by atoms with Crippen molar-refractivity contribution in [1.82, 2.24) is 4.57 Å². The van der Waals surface area contributed by atoms with Gasteiger partial charge in [0.15, 0.2) is 0 Å². The molecule has 0 saturated carbocycles. The second-order valence-corrected chi connectivity index (χ2v) is 22.0. The van der Waals surface area contributed by atoms with E-state index in [2.05, 4.69) is 302 Å². The first kappa shape index (κ1) is 45.2. The second kappa shape index (κ2) is 17.5. The average molecular weight is 1010 g/mol. The van der Waals surface area contributed by atoms with Gasteiger partial charge in [-0.15, -0.1) is 0 Å². The highest BCUT2D eigenvalue weighted by Crippen LogP contribution is 2.56. The highest BCUT2D eigenvalue weighted by atomic mass is 15.1. The van der Waals surface area contributed by atoms with Gasteiger partial charge in [-0.05, 0) is 194 Å². The maximum Gasteiger partial charge on any atom is 0.0541 e. The molecule has 0 aliphatic heterocycles. The molecule has 79 heavy (non-hydrogen) atoms. The molecule has 0 radical (unpaired) electrons. The first-order chi connectivity index (χ1) is 38.9. The minimum atomic E-state index is -0.191. The number of aromatic nitrogens is 1. The summed E-state index contributed by atoms with van der Waals surface area (Å²) in [6, 6.07) is 103. The molecule has 14 aromatic carbocycles. The number of benzene rings is 14. The van der Waals surface area contributed by atoms with Gasteiger partial charge in [0.1, 0.15) is 0 Å². The lowest BCUT2D eigenvalue weighted by Gasteiger charge is -2.26. The number of hydrogen-bond acceptors (Lipinski definition) is 1. The van der Waals surface area contributed by atoms with E-state index in [-0.39, 0.29) is 5.41 Å². The van der Waals surface area contributed by atoms with Crippen molar-refractivity contribution in [2.24, 2.45) is 0 Å². The molecular formula is C77H52N2. The van der Waals surface area contributed by atoms with Crippen molar-refractivity contribution in [3.05, 3.63) is 290 Å². The molecule has 1 aromatic heterocycles. The number of hydrogen-bond donors (Lipinski definition) is 0. The van der Waals surface area contributed by atoms with Crippen LogP contribution in [-0.4, -0.2) is 4.57 Å². The number of fused-ring (bicyclic) bond motifs is 17. The summed E-state index contributed by atoms with van der Waals surface area (Å²) >= 11 is 0. The zero-order valence-corrected chi connectivity index (χ0v) is 44.0. The molecule has 0 fully saturated rings. The summed E-state index contributed by atoms with van der Waals surface area (Å²) in [5, 5.41) is 15.5. The first-order valence-electron chi connectivity index (χ1n) is 27.6. The summed E-state index contributed by atoms with van der Waals surface area (Å²) in [5.41, 5.74) is 19.4. The van der Waals surface area contributed by atoms with Crippen molar-refractivity contribution in [1.29, 1.82) is 0 Å². The summed E-state index contributed by atoms with van der Waals surface area (Å²) in [5.74, 6) is 0. The van der Waals surface area contributed by atoms with Crippen LogP contribution in [0.3, 0.4) is 0 Å². The molecule has 0 saturated heterocycles. The van der Waals surface area contributed by atoms with Crippen molar-refractivity contribution < 1.29 is 0 Å². The quantitative estimate of drug-likeness (QED) is 0.144. The van der Waals surface area contributed by atoms with Gasteiger partial charge in [-0.1, -0.05) is 208 Å². The van der Waals surface area contributed by atoms with Gasteiger partial charge in [0, 0.05) is 38.9 Å². The van der Waals surface area contributed by atoms with Crippen LogP contribution in [0.4, 0.5) is 17.1 Å². The fourth-order valence-electron chi connectivity index (χ4n) is 13.6. The number of rotatable bonds is 7. The summed E-state index contributed by atoms with van der Waals surface area (Å²) in [6.45, 7) is 4.86. The zero-order valence-electron chi connectivity index (χ0n) is 44.0. The van der Waals surface area contributed by atoms with Gasteiger partial charge in [0.2, 0.25) is 0 Å². The molecule has 0 atom stereocenters. The molecule has 2 heteroatoms. The van der Waals surface area contributed by atoms with E-state index in [4.69, 9.17) is 0 Å². The fourth-order valence-corrected chi connectivity index (χ4v) is 13.6. The molecule has 1 aliphatic rings. The molecule has 0 spiro atoms. The van der Waals surface area contributed by atoms with Crippen molar-refractivity contribution in [2.75, 3.05) is 4.90 Å². The SMILES string of the molecule is CC1(C)c2cc3c4ccc(-c5ccc(N(c6ccc(-c7ccccc7)cc6)c6ccc(-c7ccc8c(c7)c7ccccc7n8-c7ccccc7)cc6)cc5)cc4c4ccccc4c3cc2-c2c1c1ccccc1c1ccccc21. The zero-order chi connectivity index (χ0) is 52.3. The standard InChI is InChI=1S/C77H52N2/c1-77(2)72-48-69-63-43-35-53(45-67(63)61-23-9-10-24-62(61)68(69)47-71(72)75-65-26-13-11-21-59(65)60-22-12-14-27-66(60)76(75)77)51-31-39-57(40-32-51)78(56-37-29-50(30-38-56)49-17-5-3-6-18-49)58-41-33-52(34-42-58)54-36-44-74-70(46-54)64-25-15-16-28-73(64)79(74)55-19-7-4-8-20-55/h3-48H,1-2H3. The van der Waals surface area contributed by atoms with E-state index in [0.717, 1.165) is 22.7 Å². The Kier molecular flexibility index (Phi) is 10.0. The molecule has 1 heterocycles. The third kappa shape index (κ3) is 6.98. The Hall–Kier alpha value is -10.0. The summed E-state index contributed by atoms with van der Waals surface area (Å²) in [7, 11) is 0.